The van der Waals surface area contributed by atoms with Crippen LogP contribution >= 0.6 is 0 Å². The topological polar surface area (TPSA) is 130 Å². The predicted molar refractivity (Wildman–Crippen MR) is 196 cm³/mol. The number of sulfonamides is 1. The van der Waals surface area contributed by atoms with Crippen LogP contribution in [0.15, 0.2) is 71.6 Å². The van der Waals surface area contributed by atoms with Crippen molar-refractivity contribution in [3.63, 3.8) is 0 Å². The van der Waals surface area contributed by atoms with Crippen LogP contribution in [0.5, 0.6) is 11.5 Å². The Bertz CT molecular complexity index is 1900. The second kappa shape index (κ2) is 15.1. The van der Waals surface area contributed by atoms with E-state index in [0.29, 0.717) is 49.4 Å². The summed E-state index contributed by atoms with van der Waals surface area (Å²) in [5.41, 5.74) is 4.27. The van der Waals surface area contributed by atoms with Crippen LogP contribution in [0.1, 0.15) is 43.2 Å². The minimum Gasteiger partial charge on any atom is -0.497 e. The smallest absolute Gasteiger partial charge is 0.242 e. The van der Waals surface area contributed by atoms with Crippen molar-refractivity contribution in [2.75, 3.05) is 67.5 Å². The molecule has 1 saturated carbocycles. The van der Waals surface area contributed by atoms with Crippen LogP contribution in [-0.4, -0.2) is 71.5 Å². The lowest BCUT2D eigenvalue weighted by Crippen LogP contribution is -2.36. The third-order valence-corrected chi connectivity index (χ3v) is 11.2. The van der Waals surface area contributed by atoms with Crippen molar-refractivity contribution in [1.29, 1.82) is 0 Å². The summed E-state index contributed by atoms with van der Waals surface area (Å²) in [7, 11) is -0.476. The Morgan fingerprint density at radius 2 is 1.64 bits per heavy atom. The number of hydrogen-bond donors (Lipinski definition) is 3. The summed E-state index contributed by atoms with van der Waals surface area (Å²) in [5, 5.41) is 6.82. The van der Waals surface area contributed by atoms with Crippen molar-refractivity contribution in [3.8, 4) is 11.5 Å². The number of anilines is 6. The molecule has 3 N–H and O–H groups in total. The Labute approximate surface area is 294 Å². The minimum absolute atomic E-state index is 0.0583. The molecule has 4 aromatic rings. The van der Waals surface area contributed by atoms with E-state index < -0.39 is 10.0 Å². The van der Waals surface area contributed by atoms with Crippen LogP contribution in [0, 0.1) is 0 Å². The zero-order valence-electron chi connectivity index (χ0n) is 28.7. The first-order valence-corrected chi connectivity index (χ1v) is 18.8. The molecule has 1 saturated heterocycles. The Hall–Kier alpha value is -4.59. The zero-order valence-corrected chi connectivity index (χ0v) is 29.5. The molecule has 0 amide bonds. The molecule has 50 heavy (non-hydrogen) atoms. The summed E-state index contributed by atoms with van der Waals surface area (Å²) >= 11 is 0. The van der Waals surface area contributed by atoms with Gasteiger partial charge in [-0.3, -0.25) is 0 Å². The largest absolute Gasteiger partial charge is 0.497 e. The SMILES string of the molecule is COc1ccc(CN2CCc3c(Nc4ccccc4S(=O)(=O)NC4CCCCC4)nc(Nc4ccc(N5CCOCC5)cc4OC)nc32)cc1. The lowest BCUT2D eigenvalue weighted by atomic mass is 9.96. The third-order valence-electron chi connectivity index (χ3n) is 9.61. The molecule has 3 aromatic carbocycles. The van der Waals surface area contributed by atoms with E-state index in [-0.39, 0.29) is 10.9 Å². The lowest BCUT2D eigenvalue weighted by molar-refractivity contribution is 0.122. The predicted octanol–water partition coefficient (Wildman–Crippen LogP) is 5.99. The summed E-state index contributed by atoms with van der Waals surface area (Å²) in [4.78, 5) is 14.7. The van der Waals surface area contributed by atoms with E-state index in [1.165, 1.54) is 0 Å². The summed E-state index contributed by atoms with van der Waals surface area (Å²) in [5.74, 6) is 3.17. The van der Waals surface area contributed by atoms with Gasteiger partial charge in [0.2, 0.25) is 16.0 Å². The van der Waals surface area contributed by atoms with Crippen LogP contribution in [0.25, 0.3) is 0 Å². The maximum absolute atomic E-state index is 13.7. The maximum atomic E-state index is 13.7. The molecule has 3 heterocycles. The first-order chi connectivity index (χ1) is 24.4. The number of benzene rings is 3. The van der Waals surface area contributed by atoms with Gasteiger partial charge in [-0.05, 0) is 61.2 Å². The highest BCUT2D eigenvalue weighted by atomic mass is 32.2. The zero-order chi connectivity index (χ0) is 34.5. The average Bonchev–Trinajstić information content (AvgIpc) is 3.55. The molecule has 1 aliphatic carbocycles. The standard InChI is InChI=1S/C37H45N7O5S/c1-47-29-15-12-26(13-16-29)25-44-19-18-30-35(38-32-10-6-7-11-34(32)50(45,46)42-27-8-4-3-5-9-27)40-37(41-36(30)44)39-31-17-14-28(24-33(31)48-2)43-20-22-49-23-21-43/h6-7,10-17,24,27,42H,3-5,8-9,18-23,25H2,1-2H3,(H2,38,39,40,41). The fraction of sp³-hybridized carbons (Fsp3) is 0.405. The highest BCUT2D eigenvalue weighted by Gasteiger charge is 2.29. The molecule has 0 radical (unpaired) electrons. The first kappa shape index (κ1) is 33.9. The molecular formula is C37H45N7O5S. The van der Waals surface area contributed by atoms with Gasteiger partial charge in [-0.25, -0.2) is 13.1 Å². The number of ether oxygens (including phenoxy) is 3. The number of fused-ring (bicyclic) bond motifs is 1. The van der Waals surface area contributed by atoms with Gasteiger partial charge >= 0.3 is 0 Å². The fourth-order valence-electron chi connectivity index (χ4n) is 6.94. The number of para-hydroxylation sites is 1. The third kappa shape index (κ3) is 7.59. The van der Waals surface area contributed by atoms with Crippen LogP contribution in [0.3, 0.4) is 0 Å². The van der Waals surface area contributed by atoms with E-state index in [4.69, 9.17) is 24.2 Å². The molecule has 0 spiro atoms. The van der Waals surface area contributed by atoms with E-state index in [2.05, 4.69) is 43.4 Å². The van der Waals surface area contributed by atoms with Crippen LogP contribution in [0.2, 0.25) is 0 Å². The molecule has 2 aliphatic heterocycles. The number of morpholine rings is 1. The van der Waals surface area contributed by atoms with Crippen LogP contribution in [0.4, 0.5) is 34.6 Å². The van der Waals surface area contributed by atoms with Gasteiger partial charge in [0, 0.05) is 49.5 Å². The second-order valence-electron chi connectivity index (χ2n) is 12.9. The normalized spacial score (nSPS) is 16.6. The number of hydrogen-bond acceptors (Lipinski definition) is 11. The molecule has 1 aromatic heterocycles. The van der Waals surface area contributed by atoms with Gasteiger partial charge in [-0.2, -0.15) is 9.97 Å². The molecule has 0 bridgehead atoms. The number of rotatable bonds is 12. The molecule has 0 atom stereocenters. The van der Waals surface area contributed by atoms with E-state index in [1.54, 1.807) is 32.4 Å². The van der Waals surface area contributed by atoms with Crippen LogP contribution < -0.4 is 34.6 Å². The van der Waals surface area contributed by atoms with Gasteiger partial charge in [-0.1, -0.05) is 43.5 Å². The van der Waals surface area contributed by atoms with E-state index in [9.17, 15) is 8.42 Å². The lowest BCUT2D eigenvalue weighted by Gasteiger charge is -2.29. The Kier molecular flexibility index (Phi) is 10.2. The van der Waals surface area contributed by atoms with Crippen molar-refractivity contribution in [2.24, 2.45) is 0 Å². The number of nitrogens with zero attached hydrogens (tertiary/aromatic N) is 4. The van der Waals surface area contributed by atoms with Crippen molar-refractivity contribution < 1.29 is 22.6 Å². The summed E-state index contributed by atoms with van der Waals surface area (Å²) < 4.78 is 47.1. The van der Waals surface area contributed by atoms with Gasteiger partial charge in [0.05, 0.1) is 38.8 Å². The summed E-state index contributed by atoms with van der Waals surface area (Å²) in [6, 6.07) is 21.0. The van der Waals surface area contributed by atoms with Gasteiger partial charge in [0.1, 0.15) is 28.0 Å². The molecule has 2 fully saturated rings. The Morgan fingerprint density at radius 3 is 2.40 bits per heavy atom. The van der Waals surface area contributed by atoms with E-state index >= 15 is 0 Å². The van der Waals surface area contributed by atoms with Gasteiger partial charge in [-0.15, -0.1) is 0 Å². The van der Waals surface area contributed by atoms with Gasteiger partial charge in [0.25, 0.3) is 0 Å². The molecule has 3 aliphatic rings. The summed E-state index contributed by atoms with van der Waals surface area (Å²) in [6.07, 6.45) is 5.60. The van der Waals surface area contributed by atoms with Crippen LogP contribution in [-0.2, 0) is 27.7 Å². The van der Waals surface area contributed by atoms with E-state index in [0.717, 1.165) is 85.8 Å². The fourth-order valence-corrected chi connectivity index (χ4v) is 8.41. The van der Waals surface area contributed by atoms with Crippen molar-refractivity contribution in [3.05, 3.63) is 77.9 Å². The molecule has 13 heteroatoms. The maximum Gasteiger partial charge on any atom is 0.242 e. The Balaban J connectivity index is 1.22. The minimum atomic E-state index is -3.78. The van der Waals surface area contributed by atoms with Crippen molar-refractivity contribution in [1.82, 2.24) is 14.7 Å². The molecule has 12 nitrogen and oxygen atoms in total. The molecule has 264 valence electrons. The quantitative estimate of drug-likeness (QED) is 0.161. The van der Waals surface area contributed by atoms with Crippen molar-refractivity contribution in [2.45, 2.75) is 56.0 Å². The summed E-state index contributed by atoms with van der Waals surface area (Å²) in [6.45, 7) is 4.38. The molecular weight excluding hydrogens is 655 g/mol. The number of nitrogens with one attached hydrogen (secondary N) is 3. The first-order valence-electron chi connectivity index (χ1n) is 17.3. The second-order valence-corrected chi connectivity index (χ2v) is 14.6. The molecule has 7 rings (SSSR count). The highest BCUT2D eigenvalue weighted by Crippen LogP contribution is 2.38. The number of aromatic nitrogens is 2. The highest BCUT2D eigenvalue weighted by molar-refractivity contribution is 7.89. The molecule has 0 unspecified atom stereocenters. The van der Waals surface area contributed by atoms with E-state index in [1.807, 2.05) is 30.3 Å². The van der Waals surface area contributed by atoms with Gasteiger partial charge < -0.3 is 34.6 Å². The van der Waals surface area contributed by atoms with Gasteiger partial charge in [0.15, 0.2) is 0 Å². The number of methoxy groups -OCH3 is 2. The Morgan fingerprint density at radius 1 is 0.860 bits per heavy atom. The van der Waals surface area contributed by atoms with Crippen molar-refractivity contribution >= 4 is 44.7 Å². The average molecular weight is 700 g/mol. The monoisotopic (exact) mass is 699 g/mol.